The first-order valence-corrected chi connectivity index (χ1v) is 6.12. The zero-order valence-corrected chi connectivity index (χ0v) is 8.69. The Morgan fingerprint density at radius 1 is 1.43 bits per heavy atom. The maximum absolute atomic E-state index is 9.92. The molecule has 0 bridgehead atoms. The Labute approximate surface area is 85.2 Å². The van der Waals surface area contributed by atoms with Crippen molar-refractivity contribution in [2.45, 2.75) is 32.3 Å². The van der Waals surface area contributed by atoms with Gasteiger partial charge < -0.3 is 5.11 Å². The first-order valence-electron chi connectivity index (χ1n) is 6.12. The van der Waals surface area contributed by atoms with Crippen molar-refractivity contribution >= 4 is 0 Å². The average molecular weight is 190 g/mol. The summed E-state index contributed by atoms with van der Waals surface area (Å²) in [4.78, 5) is 0. The summed E-state index contributed by atoms with van der Waals surface area (Å²) in [5.41, 5.74) is 0.462. The first kappa shape index (κ1) is 7.92. The Hall–Kier alpha value is -0.300. The molecule has 7 unspecified atom stereocenters. The smallest absolute Gasteiger partial charge is 0.0548 e. The maximum atomic E-state index is 9.92. The summed E-state index contributed by atoms with van der Waals surface area (Å²) in [6.07, 6.45) is 8.98. The summed E-state index contributed by atoms with van der Waals surface area (Å²) < 4.78 is 0. The van der Waals surface area contributed by atoms with E-state index in [1.807, 2.05) is 6.92 Å². The van der Waals surface area contributed by atoms with Gasteiger partial charge in [0.05, 0.1) is 6.10 Å². The summed E-state index contributed by atoms with van der Waals surface area (Å²) >= 11 is 0. The molecule has 3 fully saturated rings. The van der Waals surface area contributed by atoms with Gasteiger partial charge in [-0.3, -0.25) is 0 Å². The second-order valence-corrected chi connectivity index (χ2v) is 5.98. The lowest BCUT2D eigenvalue weighted by molar-refractivity contribution is 0.0550. The van der Waals surface area contributed by atoms with E-state index in [2.05, 4.69) is 12.2 Å². The van der Waals surface area contributed by atoms with Crippen LogP contribution in [0.1, 0.15) is 26.2 Å². The lowest BCUT2D eigenvalue weighted by atomic mass is 9.70. The van der Waals surface area contributed by atoms with Crippen molar-refractivity contribution < 1.29 is 5.11 Å². The van der Waals surface area contributed by atoms with Gasteiger partial charge in [0.2, 0.25) is 0 Å². The zero-order chi connectivity index (χ0) is 9.50. The van der Waals surface area contributed by atoms with E-state index in [1.165, 1.54) is 19.3 Å². The van der Waals surface area contributed by atoms with Gasteiger partial charge in [0, 0.05) is 0 Å². The number of fused-ring (bicyclic) bond motifs is 1. The molecule has 1 nitrogen and oxygen atoms in total. The molecular formula is C13H18O. The van der Waals surface area contributed by atoms with E-state index in [4.69, 9.17) is 0 Å². The Bertz CT molecular complexity index is 319. The lowest BCUT2D eigenvalue weighted by Gasteiger charge is -2.35. The predicted octanol–water partition coefficient (Wildman–Crippen LogP) is 2.22. The van der Waals surface area contributed by atoms with Gasteiger partial charge in [-0.1, -0.05) is 12.2 Å². The van der Waals surface area contributed by atoms with Crippen LogP contribution in [0.5, 0.6) is 0 Å². The molecule has 4 aliphatic carbocycles. The fraction of sp³-hybridized carbons (Fsp3) is 0.846. The van der Waals surface area contributed by atoms with Crippen LogP contribution in [0.25, 0.3) is 0 Å². The summed E-state index contributed by atoms with van der Waals surface area (Å²) in [5, 5.41) is 9.92. The standard InChI is InChI=1S/C13H18O/c1-7(14)11-3-2-8-6-10-9-4-5-13(8,11)12(9)10/h4-5,7-12,14H,2-3,6H2,1H3. The van der Waals surface area contributed by atoms with Crippen LogP contribution in [0.15, 0.2) is 12.2 Å². The van der Waals surface area contributed by atoms with Crippen LogP contribution in [0.2, 0.25) is 0 Å². The van der Waals surface area contributed by atoms with Gasteiger partial charge in [0.25, 0.3) is 0 Å². The van der Waals surface area contributed by atoms with Crippen LogP contribution in [0.4, 0.5) is 0 Å². The van der Waals surface area contributed by atoms with Gasteiger partial charge in [-0.2, -0.15) is 0 Å². The molecule has 4 rings (SSSR count). The maximum Gasteiger partial charge on any atom is 0.0548 e. The fourth-order valence-corrected chi connectivity index (χ4v) is 5.33. The van der Waals surface area contributed by atoms with Crippen molar-refractivity contribution in [3.8, 4) is 0 Å². The molecule has 4 aliphatic rings. The second-order valence-electron chi connectivity index (χ2n) is 5.98. The Kier molecular flexibility index (Phi) is 1.19. The molecule has 0 aromatic heterocycles. The van der Waals surface area contributed by atoms with Crippen LogP contribution < -0.4 is 0 Å². The van der Waals surface area contributed by atoms with Gasteiger partial charge in [-0.05, 0) is 61.2 Å². The van der Waals surface area contributed by atoms with E-state index < -0.39 is 0 Å². The SMILES string of the molecule is CC(O)C1CCC2CC3C4C=CC21C43. The van der Waals surface area contributed by atoms with Gasteiger partial charge in [0.15, 0.2) is 0 Å². The van der Waals surface area contributed by atoms with E-state index in [0.717, 1.165) is 23.7 Å². The largest absolute Gasteiger partial charge is 0.393 e. The number of hydrogen-bond acceptors (Lipinski definition) is 1. The Morgan fingerprint density at radius 2 is 2.29 bits per heavy atom. The Morgan fingerprint density at radius 3 is 3.07 bits per heavy atom. The molecule has 3 saturated carbocycles. The predicted molar refractivity (Wildman–Crippen MR) is 54.6 cm³/mol. The molecular weight excluding hydrogens is 172 g/mol. The van der Waals surface area contributed by atoms with Crippen LogP contribution >= 0.6 is 0 Å². The summed E-state index contributed by atoms with van der Waals surface area (Å²) in [6, 6.07) is 0. The Balaban J connectivity index is 1.82. The highest BCUT2D eigenvalue weighted by atomic mass is 16.3. The number of rotatable bonds is 1. The van der Waals surface area contributed by atoms with Gasteiger partial charge in [-0.25, -0.2) is 0 Å². The molecule has 76 valence electrons. The third kappa shape index (κ3) is 0.614. The number of hydrogen-bond donors (Lipinski definition) is 1. The molecule has 1 spiro atoms. The molecule has 0 aromatic rings. The van der Waals surface area contributed by atoms with Crippen molar-refractivity contribution in [3.63, 3.8) is 0 Å². The third-order valence-corrected chi connectivity index (χ3v) is 5.73. The van der Waals surface area contributed by atoms with E-state index in [0.29, 0.717) is 11.3 Å². The summed E-state index contributed by atoms with van der Waals surface area (Å²) in [7, 11) is 0. The summed E-state index contributed by atoms with van der Waals surface area (Å²) in [5.74, 6) is 4.39. The van der Waals surface area contributed by atoms with Crippen molar-refractivity contribution in [2.24, 2.45) is 35.0 Å². The second kappa shape index (κ2) is 2.11. The minimum Gasteiger partial charge on any atom is -0.393 e. The van der Waals surface area contributed by atoms with Gasteiger partial charge in [-0.15, -0.1) is 0 Å². The quantitative estimate of drug-likeness (QED) is 0.629. The normalized spacial score (nSPS) is 64.0. The van der Waals surface area contributed by atoms with E-state index in [1.54, 1.807) is 0 Å². The van der Waals surface area contributed by atoms with Crippen LogP contribution in [-0.4, -0.2) is 11.2 Å². The molecule has 0 heterocycles. The molecule has 0 radical (unpaired) electrons. The average Bonchev–Trinajstić information content (AvgIpc) is 2.49. The highest BCUT2D eigenvalue weighted by molar-refractivity contribution is 5.35. The van der Waals surface area contributed by atoms with E-state index in [-0.39, 0.29) is 6.10 Å². The number of aliphatic hydroxyl groups excluding tert-OH is 1. The molecule has 0 aromatic carbocycles. The van der Waals surface area contributed by atoms with Crippen molar-refractivity contribution in [1.82, 2.24) is 0 Å². The molecule has 7 atom stereocenters. The lowest BCUT2D eigenvalue weighted by Crippen LogP contribution is -2.34. The van der Waals surface area contributed by atoms with E-state index >= 15 is 0 Å². The number of allylic oxidation sites excluding steroid dienone is 2. The summed E-state index contributed by atoms with van der Waals surface area (Å²) in [6.45, 7) is 2.00. The fourth-order valence-electron chi connectivity index (χ4n) is 5.33. The van der Waals surface area contributed by atoms with Crippen molar-refractivity contribution in [1.29, 1.82) is 0 Å². The van der Waals surface area contributed by atoms with Gasteiger partial charge >= 0.3 is 0 Å². The van der Waals surface area contributed by atoms with Crippen LogP contribution in [-0.2, 0) is 0 Å². The topological polar surface area (TPSA) is 20.2 Å². The minimum absolute atomic E-state index is 0.0947. The zero-order valence-electron chi connectivity index (χ0n) is 8.69. The van der Waals surface area contributed by atoms with Crippen LogP contribution in [0, 0.1) is 35.0 Å². The number of aliphatic hydroxyl groups is 1. The monoisotopic (exact) mass is 190 g/mol. The third-order valence-electron chi connectivity index (χ3n) is 5.73. The highest BCUT2D eigenvalue weighted by Crippen LogP contribution is 2.79. The van der Waals surface area contributed by atoms with Gasteiger partial charge in [0.1, 0.15) is 0 Å². The molecule has 0 amide bonds. The first-order chi connectivity index (χ1) is 6.75. The van der Waals surface area contributed by atoms with Crippen LogP contribution in [0.3, 0.4) is 0 Å². The highest BCUT2D eigenvalue weighted by Gasteiger charge is 2.74. The van der Waals surface area contributed by atoms with Crippen molar-refractivity contribution in [3.05, 3.63) is 12.2 Å². The molecule has 1 N–H and O–H groups in total. The molecule has 0 aliphatic heterocycles. The molecule has 1 heteroatoms. The molecule has 14 heavy (non-hydrogen) atoms. The molecule has 0 saturated heterocycles. The minimum atomic E-state index is -0.0947. The van der Waals surface area contributed by atoms with Crippen molar-refractivity contribution in [2.75, 3.05) is 0 Å². The van der Waals surface area contributed by atoms with E-state index in [9.17, 15) is 5.11 Å².